The molecule has 53 heavy (non-hydrogen) atoms. The SMILES string of the molecule is Cc1cccc(C)c1OCC(=O)N[C@@H](Cc1ccccc1)C[C@H](O)[C@H](Cc1ccccc1)NC(=O)[C@H](CC(C)C)NC(=O)CCNC(=O)OC(C)(C)C. The number of carbonyl (C=O) groups excluding carboxylic acids is 4. The highest BCUT2D eigenvalue weighted by Crippen LogP contribution is 2.22. The number of aliphatic hydroxyl groups excluding tert-OH is 1. The van der Waals surface area contributed by atoms with E-state index >= 15 is 0 Å². The van der Waals surface area contributed by atoms with Crippen molar-refractivity contribution in [1.29, 1.82) is 0 Å². The largest absolute Gasteiger partial charge is 0.483 e. The molecule has 0 saturated heterocycles. The number of aryl methyl sites for hydroxylation is 2. The smallest absolute Gasteiger partial charge is 0.407 e. The van der Waals surface area contributed by atoms with Crippen LogP contribution in [-0.2, 0) is 32.0 Å². The van der Waals surface area contributed by atoms with Crippen LogP contribution in [0.5, 0.6) is 5.75 Å². The van der Waals surface area contributed by atoms with Crippen LogP contribution in [0.25, 0.3) is 0 Å². The second-order valence-electron chi connectivity index (χ2n) is 15.0. The number of para-hydroxylation sites is 1. The fourth-order valence-electron chi connectivity index (χ4n) is 5.98. The number of alkyl carbamates (subject to hydrolysis) is 1. The molecular formula is C42H58N4O7. The van der Waals surface area contributed by atoms with Gasteiger partial charge in [0.05, 0.1) is 12.1 Å². The van der Waals surface area contributed by atoms with Gasteiger partial charge in [0, 0.05) is 19.0 Å². The van der Waals surface area contributed by atoms with Crippen molar-refractivity contribution in [2.75, 3.05) is 13.2 Å². The van der Waals surface area contributed by atoms with E-state index in [9.17, 15) is 24.3 Å². The minimum Gasteiger partial charge on any atom is -0.483 e. The molecule has 0 spiro atoms. The molecule has 11 nitrogen and oxygen atoms in total. The van der Waals surface area contributed by atoms with E-state index in [1.165, 1.54) is 0 Å². The first-order valence-electron chi connectivity index (χ1n) is 18.4. The van der Waals surface area contributed by atoms with Gasteiger partial charge in [0.25, 0.3) is 5.91 Å². The van der Waals surface area contributed by atoms with Gasteiger partial charge < -0.3 is 35.8 Å². The molecule has 0 saturated carbocycles. The van der Waals surface area contributed by atoms with Crippen molar-refractivity contribution in [2.45, 2.75) is 110 Å². The van der Waals surface area contributed by atoms with Gasteiger partial charge in [0.1, 0.15) is 17.4 Å². The number of rotatable bonds is 19. The summed E-state index contributed by atoms with van der Waals surface area (Å²) < 4.78 is 11.1. The van der Waals surface area contributed by atoms with Crippen LogP contribution >= 0.6 is 0 Å². The average Bonchev–Trinajstić information content (AvgIpc) is 3.07. The van der Waals surface area contributed by atoms with Crippen molar-refractivity contribution >= 4 is 23.8 Å². The second kappa shape index (κ2) is 21.0. The van der Waals surface area contributed by atoms with Crippen LogP contribution in [0.4, 0.5) is 4.79 Å². The van der Waals surface area contributed by atoms with Crippen LogP contribution in [0.3, 0.4) is 0 Å². The van der Waals surface area contributed by atoms with Crippen molar-refractivity contribution in [3.8, 4) is 5.75 Å². The molecule has 3 aromatic carbocycles. The quantitative estimate of drug-likeness (QED) is 0.112. The summed E-state index contributed by atoms with van der Waals surface area (Å²) in [5.74, 6) is -0.436. The number of carbonyl (C=O) groups is 4. The third-order valence-corrected chi connectivity index (χ3v) is 8.44. The van der Waals surface area contributed by atoms with Gasteiger partial charge >= 0.3 is 6.09 Å². The number of ether oxygens (including phenoxy) is 2. The molecular weight excluding hydrogens is 672 g/mol. The van der Waals surface area contributed by atoms with Crippen molar-refractivity contribution in [3.05, 3.63) is 101 Å². The van der Waals surface area contributed by atoms with Crippen molar-refractivity contribution in [1.82, 2.24) is 21.3 Å². The molecule has 3 aromatic rings. The highest BCUT2D eigenvalue weighted by atomic mass is 16.6. The molecule has 4 amide bonds. The molecule has 0 heterocycles. The molecule has 0 aromatic heterocycles. The van der Waals surface area contributed by atoms with Gasteiger partial charge in [0.15, 0.2) is 6.61 Å². The molecule has 4 atom stereocenters. The predicted molar refractivity (Wildman–Crippen MR) is 206 cm³/mol. The first-order valence-corrected chi connectivity index (χ1v) is 18.4. The number of hydrogen-bond acceptors (Lipinski definition) is 7. The zero-order chi connectivity index (χ0) is 39.0. The lowest BCUT2D eigenvalue weighted by Crippen LogP contribution is -2.55. The van der Waals surface area contributed by atoms with Crippen LogP contribution < -0.4 is 26.0 Å². The molecule has 0 aliphatic carbocycles. The summed E-state index contributed by atoms with van der Waals surface area (Å²) >= 11 is 0. The lowest BCUT2D eigenvalue weighted by Gasteiger charge is -2.30. The third-order valence-electron chi connectivity index (χ3n) is 8.44. The lowest BCUT2D eigenvalue weighted by atomic mass is 9.93. The van der Waals surface area contributed by atoms with Gasteiger partial charge in [-0.2, -0.15) is 0 Å². The first kappa shape index (κ1) is 42.5. The van der Waals surface area contributed by atoms with Gasteiger partial charge in [-0.05, 0) is 88.5 Å². The highest BCUT2D eigenvalue weighted by Gasteiger charge is 2.30. The van der Waals surface area contributed by atoms with Crippen molar-refractivity contribution in [2.24, 2.45) is 5.92 Å². The molecule has 5 N–H and O–H groups in total. The Kier molecular flexibility index (Phi) is 16.8. The summed E-state index contributed by atoms with van der Waals surface area (Å²) in [7, 11) is 0. The number of benzene rings is 3. The second-order valence-corrected chi connectivity index (χ2v) is 15.0. The van der Waals surface area contributed by atoms with E-state index in [2.05, 4.69) is 21.3 Å². The van der Waals surface area contributed by atoms with Crippen LogP contribution in [0.2, 0.25) is 0 Å². The van der Waals surface area contributed by atoms with E-state index in [1.807, 2.05) is 107 Å². The van der Waals surface area contributed by atoms with E-state index in [0.717, 1.165) is 22.3 Å². The molecule has 288 valence electrons. The van der Waals surface area contributed by atoms with Crippen LogP contribution in [0, 0.1) is 19.8 Å². The number of aliphatic hydroxyl groups is 1. The molecule has 0 radical (unpaired) electrons. The summed E-state index contributed by atoms with van der Waals surface area (Å²) in [6.45, 7) is 12.9. The fraction of sp³-hybridized carbons (Fsp3) is 0.476. The molecule has 0 unspecified atom stereocenters. The Labute approximate surface area is 314 Å². The van der Waals surface area contributed by atoms with Crippen LogP contribution in [-0.4, -0.2) is 71.9 Å². The maximum atomic E-state index is 13.9. The zero-order valence-corrected chi connectivity index (χ0v) is 32.2. The Hall–Kier alpha value is -4.90. The fourth-order valence-corrected chi connectivity index (χ4v) is 5.98. The average molecular weight is 731 g/mol. The maximum Gasteiger partial charge on any atom is 0.407 e. The molecule has 0 bridgehead atoms. The Balaban J connectivity index is 1.75. The summed E-state index contributed by atoms with van der Waals surface area (Å²) in [5, 5.41) is 23.3. The number of amides is 4. The molecule has 0 aliphatic heterocycles. The Morgan fingerprint density at radius 1 is 0.736 bits per heavy atom. The van der Waals surface area contributed by atoms with E-state index in [0.29, 0.717) is 25.0 Å². The van der Waals surface area contributed by atoms with Gasteiger partial charge in [-0.25, -0.2) is 4.79 Å². The monoisotopic (exact) mass is 730 g/mol. The van der Waals surface area contributed by atoms with Gasteiger partial charge in [0.2, 0.25) is 11.8 Å². The minimum atomic E-state index is -1.07. The summed E-state index contributed by atoms with van der Waals surface area (Å²) in [5.41, 5.74) is 3.07. The highest BCUT2D eigenvalue weighted by molar-refractivity contribution is 5.88. The van der Waals surface area contributed by atoms with Gasteiger partial charge in [-0.1, -0.05) is 92.7 Å². The molecule has 11 heteroatoms. The van der Waals surface area contributed by atoms with Crippen LogP contribution in [0.15, 0.2) is 78.9 Å². The zero-order valence-electron chi connectivity index (χ0n) is 32.2. The number of nitrogens with one attached hydrogen (secondary N) is 4. The van der Waals surface area contributed by atoms with Gasteiger partial charge in [-0.15, -0.1) is 0 Å². The van der Waals surface area contributed by atoms with E-state index in [-0.39, 0.29) is 37.8 Å². The Morgan fingerprint density at radius 2 is 1.32 bits per heavy atom. The topological polar surface area (TPSA) is 155 Å². The van der Waals surface area contributed by atoms with Crippen molar-refractivity contribution in [3.63, 3.8) is 0 Å². The minimum absolute atomic E-state index is 0.0379. The Morgan fingerprint density at radius 3 is 1.89 bits per heavy atom. The molecule has 0 aliphatic rings. The van der Waals surface area contributed by atoms with E-state index < -0.39 is 47.7 Å². The lowest BCUT2D eigenvalue weighted by molar-refractivity contribution is -0.130. The summed E-state index contributed by atoms with van der Waals surface area (Å²) in [6.07, 6.45) is -0.487. The van der Waals surface area contributed by atoms with Crippen molar-refractivity contribution < 1.29 is 33.8 Å². The molecule has 3 rings (SSSR count). The maximum absolute atomic E-state index is 13.9. The molecule has 0 fully saturated rings. The standard InChI is InChI=1S/C42H58N4O7/c1-28(2)23-35(45-37(48)21-22-43-41(51)53-42(5,6)7)40(50)46-34(25-32-19-12-9-13-20-32)36(47)26-33(24-31-17-10-8-11-18-31)44-38(49)27-52-39-29(3)15-14-16-30(39)4/h8-20,28,33-36,47H,21-27H2,1-7H3,(H,43,51)(H,44,49)(H,45,48)(H,46,50)/t33-,34-,35-,36-/m0/s1. The summed E-state index contributed by atoms with van der Waals surface area (Å²) in [4.78, 5) is 52.1. The van der Waals surface area contributed by atoms with E-state index in [4.69, 9.17) is 9.47 Å². The van der Waals surface area contributed by atoms with Crippen LogP contribution in [0.1, 0.15) is 76.1 Å². The first-order chi connectivity index (χ1) is 25.1. The number of hydrogen-bond donors (Lipinski definition) is 5. The third kappa shape index (κ3) is 16.1. The predicted octanol–water partition coefficient (Wildman–Crippen LogP) is 5.33. The van der Waals surface area contributed by atoms with Gasteiger partial charge in [-0.3, -0.25) is 14.4 Å². The van der Waals surface area contributed by atoms with E-state index in [1.54, 1.807) is 20.8 Å². The Bertz CT molecular complexity index is 1590. The normalized spacial score (nSPS) is 13.6. The summed E-state index contributed by atoms with van der Waals surface area (Å²) in [6, 6.07) is 22.9.